The van der Waals surface area contributed by atoms with Crippen molar-refractivity contribution in [2.75, 3.05) is 0 Å². The molecule has 1 atom stereocenters. The predicted molar refractivity (Wildman–Crippen MR) is 101 cm³/mol. The van der Waals surface area contributed by atoms with Crippen LogP contribution >= 0.6 is 0 Å². The number of carbonyl (C=O) groups is 2. The SMILES string of the molecule is Cc1ccccc1CNC(=O)[C@@H](NC(=O)OCc1ccccc1)C(C)C. The first-order chi connectivity index (χ1) is 12.5. The maximum Gasteiger partial charge on any atom is 0.408 e. The number of ether oxygens (including phenoxy) is 1. The third-order valence-electron chi connectivity index (χ3n) is 4.15. The average Bonchev–Trinajstić information content (AvgIpc) is 2.64. The van der Waals surface area contributed by atoms with Crippen LogP contribution in [0.4, 0.5) is 4.79 Å². The van der Waals surface area contributed by atoms with E-state index in [0.717, 1.165) is 16.7 Å². The van der Waals surface area contributed by atoms with Gasteiger partial charge in [-0.15, -0.1) is 0 Å². The number of alkyl carbamates (subject to hydrolysis) is 1. The summed E-state index contributed by atoms with van der Waals surface area (Å²) in [6, 6.07) is 16.6. The van der Waals surface area contributed by atoms with Gasteiger partial charge in [-0.2, -0.15) is 0 Å². The summed E-state index contributed by atoms with van der Waals surface area (Å²) in [4.78, 5) is 24.5. The summed E-state index contributed by atoms with van der Waals surface area (Å²) in [6.07, 6.45) is -0.599. The van der Waals surface area contributed by atoms with Gasteiger partial charge < -0.3 is 15.4 Å². The van der Waals surface area contributed by atoms with Gasteiger partial charge in [-0.05, 0) is 29.5 Å². The molecule has 0 saturated heterocycles. The van der Waals surface area contributed by atoms with E-state index in [1.807, 2.05) is 75.4 Å². The molecule has 0 heterocycles. The number of carbonyl (C=O) groups excluding carboxylic acids is 2. The van der Waals surface area contributed by atoms with Crippen molar-refractivity contribution in [2.45, 2.75) is 40.0 Å². The first-order valence-electron chi connectivity index (χ1n) is 8.77. The molecule has 138 valence electrons. The van der Waals surface area contributed by atoms with Gasteiger partial charge in [0.05, 0.1) is 0 Å². The molecule has 0 aliphatic rings. The van der Waals surface area contributed by atoms with Gasteiger partial charge in [0.2, 0.25) is 5.91 Å². The molecule has 2 aromatic carbocycles. The summed E-state index contributed by atoms with van der Waals surface area (Å²) in [5, 5.41) is 5.56. The van der Waals surface area contributed by atoms with E-state index in [2.05, 4.69) is 10.6 Å². The topological polar surface area (TPSA) is 67.4 Å². The van der Waals surface area contributed by atoms with Crippen molar-refractivity contribution in [2.24, 2.45) is 5.92 Å². The van der Waals surface area contributed by atoms with Gasteiger partial charge in [0.15, 0.2) is 0 Å². The van der Waals surface area contributed by atoms with Crippen molar-refractivity contribution in [3.05, 3.63) is 71.3 Å². The third kappa shape index (κ3) is 5.92. The molecular formula is C21H26N2O3. The summed E-state index contributed by atoms with van der Waals surface area (Å²) in [5.41, 5.74) is 3.06. The quantitative estimate of drug-likeness (QED) is 0.799. The number of benzene rings is 2. The highest BCUT2D eigenvalue weighted by Gasteiger charge is 2.24. The lowest BCUT2D eigenvalue weighted by Crippen LogP contribution is -2.49. The van der Waals surface area contributed by atoms with Gasteiger partial charge in [-0.25, -0.2) is 4.79 Å². The minimum absolute atomic E-state index is 0.0591. The Morgan fingerprint density at radius 1 is 1.00 bits per heavy atom. The molecule has 0 aliphatic heterocycles. The molecule has 0 saturated carbocycles. The number of amides is 2. The molecule has 2 amide bonds. The van der Waals surface area contributed by atoms with Crippen molar-refractivity contribution >= 4 is 12.0 Å². The largest absolute Gasteiger partial charge is 0.445 e. The molecular weight excluding hydrogens is 328 g/mol. The Balaban J connectivity index is 1.87. The summed E-state index contributed by atoms with van der Waals surface area (Å²) in [6.45, 7) is 6.36. The smallest absolute Gasteiger partial charge is 0.408 e. The molecule has 0 unspecified atom stereocenters. The van der Waals surface area contributed by atoms with Crippen molar-refractivity contribution < 1.29 is 14.3 Å². The molecule has 0 spiro atoms. The zero-order valence-electron chi connectivity index (χ0n) is 15.5. The van der Waals surface area contributed by atoms with E-state index in [9.17, 15) is 9.59 Å². The van der Waals surface area contributed by atoms with Crippen molar-refractivity contribution in [1.29, 1.82) is 0 Å². The molecule has 5 heteroatoms. The fourth-order valence-electron chi connectivity index (χ4n) is 2.53. The van der Waals surface area contributed by atoms with Gasteiger partial charge in [-0.1, -0.05) is 68.4 Å². The molecule has 26 heavy (non-hydrogen) atoms. The van der Waals surface area contributed by atoms with Gasteiger partial charge in [0.25, 0.3) is 0 Å². The van der Waals surface area contributed by atoms with E-state index in [1.165, 1.54) is 0 Å². The molecule has 0 fully saturated rings. The lowest BCUT2D eigenvalue weighted by molar-refractivity contribution is -0.124. The van der Waals surface area contributed by atoms with Crippen LogP contribution in [0.1, 0.15) is 30.5 Å². The Morgan fingerprint density at radius 2 is 1.65 bits per heavy atom. The second-order valence-corrected chi connectivity index (χ2v) is 6.57. The number of hydrogen-bond acceptors (Lipinski definition) is 3. The summed E-state index contributed by atoms with van der Waals surface area (Å²) >= 11 is 0. The van der Waals surface area contributed by atoms with Crippen molar-refractivity contribution in [3.63, 3.8) is 0 Å². The molecule has 2 N–H and O–H groups in total. The minimum atomic E-state index is -0.651. The standard InChI is InChI=1S/C21H26N2O3/c1-15(2)19(20(24)22-13-18-12-8-7-9-16(18)3)23-21(25)26-14-17-10-5-4-6-11-17/h4-12,15,19H,13-14H2,1-3H3,(H,22,24)(H,23,25)/t19-/m0/s1. The van der Waals surface area contributed by atoms with Crippen LogP contribution in [-0.2, 0) is 22.7 Å². The van der Waals surface area contributed by atoms with E-state index in [4.69, 9.17) is 4.74 Å². The Hall–Kier alpha value is -2.82. The van der Waals surface area contributed by atoms with Gasteiger partial charge in [-0.3, -0.25) is 4.79 Å². The first-order valence-corrected chi connectivity index (χ1v) is 8.77. The highest BCUT2D eigenvalue weighted by Crippen LogP contribution is 2.08. The molecule has 2 rings (SSSR count). The molecule has 5 nitrogen and oxygen atoms in total. The van der Waals surface area contributed by atoms with Crippen LogP contribution in [0.3, 0.4) is 0 Å². The first kappa shape index (κ1) is 19.5. The monoisotopic (exact) mass is 354 g/mol. The summed E-state index contributed by atoms with van der Waals surface area (Å²) < 4.78 is 5.21. The van der Waals surface area contributed by atoms with Crippen molar-refractivity contribution in [1.82, 2.24) is 10.6 Å². The second-order valence-electron chi connectivity index (χ2n) is 6.57. The molecule has 2 aromatic rings. The highest BCUT2D eigenvalue weighted by molar-refractivity contribution is 5.85. The number of nitrogens with one attached hydrogen (secondary N) is 2. The Bertz CT molecular complexity index is 729. The van der Waals surface area contributed by atoms with E-state index < -0.39 is 12.1 Å². The highest BCUT2D eigenvalue weighted by atomic mass is 16.5. The number of aryl methyl sites for hydroxylation is 1. The van der Waals surface area contributed by atoms with Gasteiger partial charge >= 0.3 is 6.09 Å². The minimum Gasteiger partial charge on any atom is -0.445 e. The van der Waals surface area contributed by atoms with Crippen LogP contribution in [0, 0.1) is 12.8 Å². The number of hydrogen-bond donors (Lipinski definition) is 2. The zero-order chi connectivity index (χ0) is 18.9. The van der Waals surface area contributed by atoms with Crippen LogP contribution in [0.15, 0.2) is 54.6 Å². The molecule has 0 aliphatic carbocycles. The molecule has 0 bridgehead atoms. The predicted octanol–water partition coefficient (Wildman–Crippen LogP) is 3.56. The van der Waals surface area contributed by atoms with Crippen LogP contribution in [0.2, 0.25) is 0 Å². The zero-order valence-corrected chi connectivity index (χ0v) is 15.5. The maximum absolute atomic E-state index is 12.5. The lowest BCUT2D eigenvalue weighted by Gasteiger charge is -2.21. The lowest BCUT2D eigenvalue weighted by atomic mass is 10.0. The van der Waals surface area contributed by atoms with Crippen LogP contribution in [0.25, 0.3) is 0 Å². The van der Waals surface area contributed by atoms with E-state index in [1.54, 1.807) is 0 Å². The average molecular weight is 354 g/mol. The van der Waals surface area contributed by atoms with E-state index in [-0.39, 0.29) is 18.4 Å². The number of rotatable bonds is 7. The van der Waals surface area contributed by atoms with Gasteiger partial charge in [0, 0.05) is 6.54 Å². The third-order valence-corrected chi connectivity index (χ3v) is 4.15. The van der Waals surface area contributed by atoms with Gasteiger partial charge in [0.1, 0.15) is 12.6 Å². The van der Waals surface area contributed by atoms with Crippen LogP contribution < -0.4 is 10.6 Å². The summed E-state index contributed by atoms with van der Waals surface area (Å²) in [7, 11) is 0. The Morgan fingerprint density at radius 3 is 2.31 bits per heavy atom. The fraction of sp³-hybridized carbons (Fsp3) is 0.333. The van der Waals surface area contributed by atoms with Crippen molar-refractivity contribution in [3.8, 4) is 0 Å². The van der Waals surface area contributed by atoms with Crippen LogP contribution in [-0.4, -0.2) is 18.0 Å². The van der Waals surface area contributed by atoms with Crippen LogP contribution in [0.5, 0.6) is 0 Å². The van der Waals surface area contributed by atoms with E-state index >= 15 is 0 Å². The second kappa shape index (κ2) is 9.61. The molecule has 0 aromatic heterocycles. The Kier molecular flexibility index (Phi) is 7.21. The maximum atomic E-state index is 12.5. The van der Waals surface area contributed by atoms with E-state index in [0.29, 0.717) is 6.54 Å². The molecule has 0 radical (unpaired) electrons. The Labute approximate surface area is 154 Å². The normalized spacial score (nSPS) is 11.7. The summed E-state index contributed by atoms with van der Waals surface area (Å²) in [5.74, 6) is -0.281. The fourth-order valence-corrected chi connectivity index (χ4v) is 2.53.